The lowest BCUT2D eigenvalue weighted by Gasteiger charge is -2.39. The molecular formula is C30H31F3N8O3. The van der Waals surface area contributed by atoms with Crippen molar-refractivity contribution in [3.8, 4) is 22.7 Å². The van der Waals surface area contributed by atoms with Gasteiger partial charge in [-0.1, -0.05) is 12.1 Å². The molecule has 0 radical (unpaired) electrons. The predicted molar refractivity (Wildman–Crippen MR) is 153 cm³/mol. The van der Waals surface area contributed by atoms with Gasteiger partial charge in [-0.2, -0.15) is 23.3 Å². The molecule has 6 rings (SSSR count). The summed E-state index contributed by atoms with van der Waals surface area (Å²) in [5.74, 6) is -0.320. The van der Waals surface area contributed by atoms with Gasteiger partial charge in [0.15, 0.2) is 0 Å². The lowest BCUT2D eigenvalue weighted by atomic mass is 9.76. The molecule has 3 aromatic heterocycles. The van der Waals surface area contributed by atoms with Crippen molar-refractivity contribution in [1.29, 1.82) is 0 Å². The van der Waals surface area contributed by atoms with Gasteiger partial charge in [0.25, 0.3) is 0 Å². The third-order valence-corrected chi connectivity index (χ3v) is 8.32. The van der Waals surface area contributed by atoms with Crippen LogP contribution in [-0.2, 0) is 4.79 Å². The molecule has 5 heterocycles. The minimum Gasteiger partial charge on any atom is -0.480 e. The first-order valence-corrected chi connectivity index (χ1v) is 14.2. The summed E-state index contributed by atoms with van der Waals surface area (Å²) in [5.41, 5.74) is 1.83. The second-order valence-corrected chi connectivity index (χ2v) is 11.4. The molecule has 2 saturated heterocycles. The summed E-state index contributed by atoms with van der Waals surface area (Å²) in [7, 11) is 0. The molecule has 0 saturated carbocycles. The number of anilines is 1. The maximum atomic E-state index is 14.8. The van der Waals surface area contributed by atoms with E-state index in [1.165, 1.54) is 23.1 Å². The highest BCUT2D eigenvalue weighted by Gasteiger charge is 2.46. The predicted octanol–water partition coefficient (Wildman–Crippen LogP) is 4.45. The highest BCUT2D eigenvalue weighted by atomic mass is 19.4. The van der Waals surface area contributed by atoms with Crippen molar-refractivity contribution in [2.45, 2.75) is 51.4 Å². The molecule has 4 aromatic rings. The van der Waals surface area contributed by atoms with E-state index in [0.717, 1.165) is 12.8 Å². The van der Waals surface area contributed by atoms with Crippen molar-refractivity contribution in [2.24, 2.45) is 5.41 Å². The highest BCUT2D eigenvalue weighted by Crippen LogP contribution is 2.42. The SMILES string of the molecule is Cc1ccn(-c2cc(-c3cncnc3)ccc2[C@@H](Oc2cc(N3CCC4(CC3)CN[C@H](C(=O)O)C4)nc(C)n2)C(F)(F)F)n1. The fourth-order valence-corrected chi connectivity index (χ4v) is 6.00. The van der Waals surface area contributed by atoms with Crippen LogP contribution in [0.15, 0.2) is 55.2 Å². The Morgan fingerprint density at radius 3 is 2.48 bits per heavy atom. The van der Waals surface area contributed by atoms with Gasteiger partial charge in [0, 0.05) is 55.4 Å². The summed E-state index contributed by atoms with van der Waals surface area (Å²) in [6.07, 6.45) is 1.02. The summed E-state index contributed by atoms with van der Waals surface area (Å²) >= 11 is 0. The number of aromatic nitrogens is 6. The Balaban J connectivity index is 1.30. The number of carboxylic acid groups (broad SMARTS) is 1. The zero-order valence-corrected chi connectivity index (χ0v) is 24.1. The fraction of sp³-hybridized carbons (Fsp3) is 0.400. The van der Waals surface area contributed by atoms with E-state index in [9.17, 15) is 23.1 Å². The molecule has 2 aliphatic heterocycles. The Morgan fingerprint density at radius 1 is 1.09 bits per heavy atom. The fourth-order valence-electron chi connectivity index (χ4n) is 6.00. The number of rotatable bonds is 7. The lowest BCUT2D eigenvalue weighted by Crippen LogP contribution is -2.41. The van der Waals surface area contributed by atoms with Gasteiger partial charge in [-0.3, -0.25) is 4.79 Å². The van der Waals surface area contributed by atoms with Crippen LogP contribution in [0.5, 0.6) is 5.88 Å². The van der Waals surface area contributed by atoms with Gasteiger partial charge in [-0.05, 0) is 56.2 Å². The van der Waals surface area contributed by atoms with E-state index in [2.05, 4.69) is 30.4 Å². The van der Waals surface area contributed by atoms with Crippen molar-refractivity contribution in [3.05, 3.63) is 72.3 Å². The Kier molecular flexibility index (Phi) is 7.70. The van der Waals surface area contributed by atoms with Gasteiger partial charge in [0.05, 0.1) is 11.4 Å². The van der Waals surface area contributed by atoms with Crippen LogP contribution in [-0.4, -0.2) is 72.6 Å². The number of aryl methyl sites for hydroxylation is 2. The van der Waals surface area contributed by atoms with Crippen LogP contribution in [0.25, 0.3) is 16.8 Å². The van der Waals surface area contributed by atoms with Crippen LogP contribution in [0.4, 0.5) is 19.0 Å². The summed E-state index contributed by atoms with van der Waals surface area (Å²) in [5, 5.41) is 16.8. The van der Waals surface area contributed by atoms with Gasteiger partial charge in [0.1, 0.15) is 24.0 Å². The third-order valence-electron chi connectivity index (χ3n) is 8.32. The van der Waals surface area contributed by atoms with Crippen LogP contribution < -0.4 is 15.0 Å². The molecule has 14 heteroatoms. The number of aliphatic carboxylic acids is 1. The second-order valence-electron chi connectivity index (χ2n) is 11.4. The molecular weight excluding hydrogens is 577 g/mol. The number of ether oxygens (including phenoxy) is 1. The quantitative estimate of drug-likeness (QED) is 0.310. The average molecular weight is 609 g/mol. The number of halogens is 3. The van der Waals surface area contributed by atoms with Crippen molar-refractivity contribution < 1.29 is 27.8 Å². The summed E-state index contributed by atoms with van der Waals surface area (Å²) in [6.45, 7) is 5.15. The maximum absolute atomic E-state index is 14.8. The normalized spacial score (nSPS) is 18.8. The number of carbonyl (C=O) groups is 1. The van der Waals surface area contributed by atoms with Crippen molar-refractivity contribution in [2.75, 3.05) is 24.5 Å². The molecule has 2 N–H and O–H groups in total. The smallest absolute Gasteiger partial charge is 0.429 e. The number of alkyl halides is 3. The number of nitrogens with zero attached hydrogens (tertiary/aromatic N) is 7. The van der Waals surface area contributed by atoms with Crippen LogP contribution in [0.1, 0.15) is 42.4 Å². The minimum absolute atomic E-state index is 0.123. The van der Waals surface area contributed by atoms with Crippen molar-refractivity contribution in [1.82, 2.24) is 35.0 Å². The first-order chi connectivity index (χ1) is 21.0. The maximum Gasteiger partial charge on any atom is 0.429 e. The molecule has 1 aromatic carbocycles. The lowest BCUT2D eigenvalue weighted by molar-refractivity contribution is -0.198. The first kappa shape index (κ1) is 29.5. The van der Waals surface area contributed by atoms with E-state index in [0.29, 0.717) is 48.7 Å². The van der Waals surface area contributed by atoms with E-state index >= 15 is 0 Å². The zero-order chi connectivity index (χ0) is 31.1. The van der Waals surface area contributed by atoms with Crippen molar-refractivity contribution >= 4 is 11.8 Å². The van der Waals surface area contributed by atoms with E-state index in [-0.39, 0.29) is 28.4 Å². The van der Waals surface area contributed by atoms with E-state index < -0.39 is 24.3 Å². The standard InChI is InChI=1S/C30H31F3N8O3/c1-18-5-8-41(39-18)24-11-20(21-14-34-17-35-15-21)3-4-22(24)27(30(31,32)33)44-26-12-25(37-19(2)38-26)40-9-6-29(7-10-40)13-23(28(42)43)36-16-29/h3-5,8,11-12,14-15,17,23,27,36H,6-7,9-10,13,16H2,1-2H3,(H,42,43)/t23-,27+/m0/s1. The zero-order valence-electron chi connectivity index (χ0n) is 24.1. The summed E-state index contributed by atoms with van der Waals surface area (Å²) in [6, 6.07) is 7.14. The van der Waals surface area contributed by atoms with E-state index in [4.69, 9.17) is 4.74 Å². The minimum atomic E-state index is -4.79. The van der Waals surface area contributed by atoms with Crippen molar-refractivity contribution in [3.63, 3.8) is 0 Å². The van der Waals surface area contributed by atoms with Crippen LogP contribution in [0, 0.1) is 19.3 Å². The molecule has 2 aliphatic rings. The van der Waals surface area contributed by atoms with Gasteiger partial charge >= 0.3 is 12.1 Å². The first-order valence-electron chi connectivity index (χ1n) is 14.2. The topological polar surface area (TPSA) is 131 Å². The molecule has 44 heavy (non-hydrogen) atoms. The number of nitrogens with one attached hydrogen (secondary N) is 1. The molecule has 0 bridgehead atoms. The van der Waals surface area contributed by atoms with Crippen LogP contribution in [0.3, 0.4) is 0 Å². The molecule has 1 spiro atoms. The molecule has 11 nitrogen and oxygen atoms in total. The van der Waals surface area contributed by atoms with E-state index in [1.807, 2.05) is 4.90 Å². The molecule has 2 atom stereocenters. The molecule has 230 valence electrons. The summed E-state index contributed by atoms with van der Waals surface area (Å²) in [4.78, 5) is 30.2. The Hall–Kier alpha value is -4.59. The van der Waals surface area contributed by atoms with E-state index in [1.54, 1.807) is 50.6 Å². The largest absolute Gasteiger partial charge is 0.480 e. The number of piperidine rings is 1. The van der Waals surface area contributed by atoms with Crippen LogP contribution in [0.2, 0.25) is 0 Å². The van der Waals surface area contributed by atoms with Gasteiger partial charge in [-0.25, -0.2) is 19.6 Å². The third kappa shape index (κ3) is 6.07. The molecule has 0 amide bonds. The number of carboxylic acids is 1. The molecule has 0 aliphatic carbocycles. The van der Waals surface area contributed by atoms with Gasteiger partial charge in [-0.15, -0.1) is 0 Å². The van der Waals surface area contributed by atoms with Gasteiger partial charge in [0.2, 0.25) is 12.0 Å². The Bertz CT molecular complexity index is 1650. The number of benzene rings is 1. The second kappa shape index (κ2) is 11.5. The highest BCUT2D eigenvalue weighted by molar-refractivity contribution is 5.74. The van der Waals surface area contributed by atoms with Gasteiger partial charge < -0.3 is 20.1 Å². The number of hydrogen-bond acceptors (Lipinski definition) is 9. The Labute approximate surface area is 251 Å². The Morgan fingerprint density at radius 2 is 1.84 bits per heavy atom. The average Bonchev–Trinajstić information content (AvgIpc) is 3.62. The monoisotopic (exact) mass is 608 g/mol. The number of hydrogen-bond donors (Lipinski definition) is 2. The molecule has 0 unspecified atom stereocenters. The summed E-state index contributed by atoms with van der Waals surface area (Å²) < 4.78 is 51.3. The van der Waals surface area contributed by atoms with Crippen LogP contribution >= 0.6 is 0 Å². The molecule has 2 fully saturated rings.